The average molecular weight is 481 g/mol. The number of hydrogen-bond acceptors (Lipinski definition) is 7. The smallest absolute Gasteiger partial charge is 0.284 e. The summed E-state index contributed by atoms with van der Waals surface area (Å²) in [6.07, 6.45) is 4.08. The first-order valence-electron chi connectivity index (χ1n) is 11.3. The highest BCUT2D eigenvalue weighted by atomic mass is 32.2. The Morgan fingerprint density at radius 1 is 1.24 bits per heavy atom. The second-order valence-electron chi connectivity index (χ2n) is 8.75. The van der Waals surface area contributed by atoms with Gasteiger partial charge >= 0.3 is 0 Å². The lowest BCUT2D eigenvalue weighted by atomic mass is 9.99. The number of nitro benzene ring substituents is 1. The van der Waals surface area contributed by atoms with Crippen molar-refractivity contribution in [1.82, 2.24) is 25.0 Å². The van der Waals surface area contributed by atoms with Gasteiger partial charge in [-0.3, -0.25) is 19.8 Å². The Bertz CT molecular complexity index is 1160. The van der Waals surface area contributed by atoms with Crippen LogP contribution in [0.3, 0.4) is 0 Å². The van der Waals surface area contributed by atoms with Gasteiger partial charge in [0.05, 0.1) is 9.82 Å². The Morgan fingerprint density at radius 3 is 2.68 bits per heavy atom. The number of piperidine rings is 1. The molecule has 3 aromatic rings. The second-order valence-corrected chi connectivity index (χ2v) is 9.76. The van der Waals surface area contributed by atoms with E-state index in [0.717, 1.165) is 42.9 Å². The van der Waals surface area contributed by atoms with Crippen LogP contribution in [0.4, 0.5) is 5.69 Å². The van der Waals surface area contributed by atoms with Crippen molar-refractivity contribution in [1.29, 1.82) is 0 Å². The summed E-state index contributed by atoms with van der Waals surface area (Å²) in [4.78, 5) is 26.7. The van der Waals surface area contributed by atoms with Gasteiger partial charge in [-0.2, -0.15) is 0 Å². The molecule has 2 heterocycles. The zero-order chi connectivity index (χ0) is 24.1. The number of benzene rings is 2. The first-order chi connectivity index (χ1) is 16.4. The average Bonchev–Trinajstić information content (AvgIpc) is 3.22. The van der Waals surface area contributed by atoms with Gasteiger partial charge in [-0.25, -0.2) is 0 Å². The fraction of sp³-hybridized carbons (Fsp3) is 0.375. The van der Waals surface area contributed by atoms with Crippen molar-refractivity contribution in [3.8, 4) is 0 Å². The Balaban J connectivity index is 1.36. The molecule has 2 aromatic carbocycles. The zero-order valence-electron chi connectivity index (χ0n) is 19.3. The number of nitrogens with zero attached hydrogens (tertiary/aromatic N) is 5. The zero-order valence-corrected chi connectivity index (χ0v) is 20.1. The molecule has 9 nitrogen and oxygen atoms in total. The molecule has 0 spiro atoms. The highest BCUT2D eigenvalue weighted by Gasteiger charge is 2.20. The lowest BCUT2D eigenvalue weighted by Gasteiger charge is -2.30. The van der Waals surface area contributed by atoms with E-state index in [1.54, 1.807) is 23.7 Å². The van der Waals surface area contributed by atoms with Gasteiger partial charge in [-0.15, -0.1) is 10.2 Å². The normalized spacial score (nSPS) is 16.4. The largest absolute Gasteiger partial charge is 0.348 e. The predicted molar refractivity (Wildman–Crippen MR) is 130 cm³/mol. The van der Waals surface area contributed by atoms with Gasteiger partial charge in [0.15, 0.2) is 5.16 Å². The van der Waals surface area contributed by atoms with E-state index in [2.05, 4.69) is 39.5 Å². The van der Waals surface area contributed by atoms with E-state index in [1.807, 2.05) is 12.1 Å². The Hall–Kier alpha value is -3.24. The third kappa shape index (κ3) is 6.00. The summed E-state index contributed by atoms with van der Waals surface area (Å²) in [6.45, 7) is 5.88. The number of carbonyl (C=O) groups is 1. The quantitative estimate of drug-likeness (QED) is 0.383. The van der Waals surface area contributed by atoms with Crippen LogP contribution >= 0.6 is 11.8 Å². The highest BCUT2D eigenvalue weighted by Crippen LogP contribution is 2.34. The molecule has 0 aliphatic carbocycles. The van der Waals surface area contributed by atoms with Crippen LogP contribution in [0.15, 0.2) is 58.8 Å². The molecule has 178 valence electrons. The number of hydrogen-bond donors (Lipinski definition) is 1. The molecular formula is C24H28N6O3S. The summed E-state index contributed by atoms with van der Waals surface area (Å²) in [6, 6.07) is 12.7. The maximum atomic E-state index is 12.7. The number of likely N-dealkylation sites (tertiary alicyclic amines) is 1. The number of amides is 1. The van der Waals surface area contributed by atoms with E-state index >= 15 is 0 Å². The van der Waals surface area contributed by atoms with E-state index in [1.165, 1.54) is 30.8 Å². The van der Waals surface area contributed by atoms with E-state index in [-0.39, 0.29) is 17.2 Å². The Morgan fingerprint density at radius 2 is 2.00 bits per heavy atom. The summed E-state index contributed by atoms with van der Waals surface area (Å²) in [5.74, 6) is 0.392. The molecule has 0 saturated carbocycles. The van der Waals surface area contributed by atoms with Crippen molar-refractivity contribution in [2.45, 2.75) is 42.9 Å². The van der Waals surface area contributed by atoms with Crippen LogP contribution in [-0.4, -0.2) is 43.6 Å². The summed E-state index contributed by atoms with van der Waals surface area (Å²) in [5.41, 5.74) is 2.34. The minimum absolute atomic E-state index is 0.142. The molecule has 34 heavy (non-hydrogen) atoms. The van der Waals surface area contributed by atoms with E-state index in [4.69, 9.17) is 0 Å². The SMILES string of the molecule is CC1CCCN(Cc2ccc(CNC(=O)c3ccc(Sc4nncn4C)c([N+](=O)[O-])c3)cc2)C1. The van der Waals surface area contributed by atoms with Gasteiger partial charge in [0.1, 0.15) is 6.33 Å². The number of rotatable bonds is 8. The molecule has 0 radical (unpaired) electrons. The molecule has 1 saturated heterocycles. The minimum atomic E-state index is -0.489. The fourth-order valence-electron chi connectivity index (χ4n) is 4.09. The fourth-order valence-corrected chi connectivity index (χ4v) is 4.94. The van der Waals surface area contributed by atoms with Gasteiger partial charge in [0.2, 0.25) is 0 Å². The summed E-state index contributed by atoms with van der Waals surface area (Å²) >= 11 is 1.13. The third-order valence-electron chi connectivity index (χ3n) is 5.91. The van der Waals surface area contributed by atoms with Gasteiger partial charge in [-0.05, 0) is 60.3 Å². The first kappa shape index (κ1) is 23.9. The number of carbonyl (C=O) groups excluding carboxylic acids is 1. The van der Waals surface area contributed by atoms with Crippen LogP contribution in [-0.2, 0) is 20.1 Å². The van der Waals surface area contributed by atoms with Gasteiger partial charge in [-0.1, -0.05) is 31.2 Å². The van der Waals surface area contributed by atoms with Crippen molar-refractivity contribution in [2.24, 2.45) is 13.0 Å². The van der Waals surface area contributed by atoms with E-state index < -0.39 is 4.92 Å². The van der Waals surface area contributed by atoms with Crippen LogP contribution in [0, 0.1) is 16.0 Å². The number of nitro groups is 1. The maximum absolute atomic E-state index is 12.7. The Kier molecular flexibility index (Phi) is 7.59. The maximum Gasteiger partial charge on any atom is 0.284 e. The first-order valence-corrected chi connectivity index (χ1v) is 12.1. The lowest BCUT2D eigenvalue weighted by Crippen LogP contribution is -2.33. The van der Waals surface area contributed by atoms with Crippen LogP contribution in [0.2, 0.25) is 0 Å². The van der Waals surface area contributed by atoms with Crippen LogP contribution < -0.4 is 5.32 Å². The monoisotopic (exact) mass is 480 g/mol. The molecule has 0 bridgehead atoms. The van der Waals surface area contributed by atoms with Crippen LogP contribution in [0.5, 0.6) is 0 Å². The van der Waals surface area contributed by atoms with E-state index in [0.29, 0.717) is 16.6 Å². The third-order valence-corrected chi connectivity index (χ3v) is 7.03. The molecule has 1 aliphatic rings. The Labute approximate surface area is 202 Å². The van der Waals surface area contributed by atoms with Gasteiger partial charge in [0, 0.05) is 38.3 Å². The molecule has 1 fully saturated rings. The molecule has 4 rings (SSSR count). The molecule has 1 N–H and O–H groups in total. The molecule has 1 aromatic heterocycles. The summed E-state index contributed by atoms with van der Waals surface area (Å²) in [7, 11) is 1.76. The molecular weight excluding hydrogens is 452 g/mol. The molecule has 1 aliphatic heterocycles. The second kappa shape index (κ2) is 10.8. The molecule has 1 atom stereocenters. The lowest BCUT2D eigenvalue weighted by molar-refractivity contribution is -0.387. The van der Waals surface area contributed by atoms with Crippen molar-refractivity contribution in [3.05, 3.63) is 75.6 Å². The van der Waals surface area contributed by atoms with Crippen molar-refractivity contribution < 1.29 is 9.72 Å². The van der Waals surface area contributed by atoms with Gasteiger partial charge in [0.25, 0.3) is 11.6 Å². The summed E-state index contributed by atoms with van der Waals surface area (Å²) < 4.78 is 1.67. The minimum Gasteiger partial charge on any atom is -0.348 e. The van der Waals surface area contributed by atoms with E-state index in [9.17, 15) is 14.9 Å². The molecule has 10 heteroatoms. The predicted octanol–water partition coefficient (Wildman–Crippen LogP) is 4.04. The van der Waals surface area contributed by atoms with Crippen molar-refractivity contribution >= 4 is 23.4 Å². The number of nitrogens with one attached hydrogen (secondary N) is 1. The van der Waals surface area contributed by atoms with Crippen LogP contribution in [0.25, 0.3) is 0 Å². The number of aryl methyl sites for hydroxylation is 1. The highest BCUT2D eigenvalue weighted by molar-refractivity contribution is 7.99. The summed E-state index contributed by atoms with van der Waals surface area (Å²) in [5, 5.41) is 22.7. The topological polar surface area (TPSA) is 106 Å². The molecule has 1 amide bonds. The standard InChI is InChI=1S/C24H28N6O3S/c1-17-4-3-11-29(14-17)15-19-7-5-18(6-8-19)13-25-23(31)20-9-10-22(21(12-20)30(32)33)34-24-27-26-16-28(24)2/h5-10,12,16-17H,3-4,11,13-15H2,1-2H3,(H,25,31). The molecule has 1 unspecified atom stereocenters. The number of aromatic nitrogens is 3. The van der Waals surface area contributed by atoms with Crippen LogP contribution in [0.1, 0.15) is 41.3 Å². The van der Waals surface area contributed by atoms with Crippen molar-refractivity contribution in [3.63, 3.8) is 0 Å². The van der Waals surface area contributed by atoms with Crippen molar-refractivity contribution in [2.75, 3.05) is 13.1 Å². The van der Waals surface area contributed by atoms with Gasteiger partial charge < -0.3 is 9.88 Å².